The van der Waals surface area contributed by atoms with Crippen LogP contribution >= 0.6 is 0 Å². The molecule has 4 aromatic rings. The molecule has 37 heavy (non-hydrogen) atoms. The summed E-state index contributed by atoms with van der Waals surface area (Å²) in [6, 6.07) is 21.3. The molecule has 0 aliphatic carbocycles. The number of nitrogens with zero attached hydrogens (tertiary/aromatic N) is 2. The molecule has 3 aromatic carbocycles. The maximum atomic E-state index is 11.5. The first-order valence-electron chi connectivity index (χ1n) is 11.7. The van der Waals surface area contributed by atoms with Gasteiger partial charge in [0, 0.05) is 13.0 Å². The summed E-state index contributed by atoms with van der Waals surface area (Å²) in [5, 5.41) is 9.82. The Labute approximate surface area is 237 Å². The van der Waals surface area contributed by atoms with Gasteiger partial charge in [-0.05, 0) is 72.9 Å². The van der Waals surface area contributed by atoms with E-state index in [2.05, 4.69) is 18.0 Å². The van der Waals surface area contributed by atoms with Crippen molar-refractivity contribution in [3.05, 3.63) is 104 Å². The third kappa shape index (κ3) is 7.97. The zero-order chi connectivity index (χ0) is 25.7. The third-order valence-corrected chi connectivity index (χ3v) is 5.83. The fourth-order valence-electron chi connectivity index (χ4n) is 3.71. The minimum absolute atomic E-state index is 0. The van der Waals surface area contributed by atoms with Gasteiger partial charge in [0.1, 0.15) is 18.1 Å². The Bertz CT molecular complexity index is 1410. The normalized spacial score (nSPS) is 11.1. The van der Waals surface area contributed by atoms with Crippen LogP contribution in [-0.2, 0) is 13.2 Å². The van der Waals surface area contributed by atoms with Gasteiger partial charge < -0.3 is 24.1 Å². The Balaban J connectivity index is 0.00000380. The predicted octanol–water partition coefficient (Wildman–Crippen LogP) is 0.905. The van der Waals surface area contributed by atoms with Gasteiger partial charge >= 0.3 is 35.3 Å². The van der Waals surface area contributed by atoms with Gasteiger partial charge in [0.15, 0.2) is 5.69 Å². The van der Waals surface area contributed by atoms with Crippen LogP contribution in [0.1, 0.15) is 37.0 Å². The maximum Gasteiger partial charge on any atom is 1.00 e. The number of ether oxygens (including phenoxy) is 2. The van der Waals surface area contributed by atoms with Crippen LogP contribution < -0.4 is 55.5 Å². The molecule has 0 aliphatic heterocycles. The summed E-state index contributed by atoms with van der Waals surface area (Å²) in [5.74, 6) is 0.555. The van der Waals surface area contributed by atoms with Gasteiger partial charge in [-0.25, -0.2) is 4.79 Å². The average molecular weight is 513 g/mol. The molecule has 0 saturated heterocycles. The Kier molecular flexibility index (Phi) is 9.62. The molecule has 0 atom stereocenters. The molecule has 0 fully saturated rings. The first kappa shape index (κ1) is 28.5. The van der Waals surface area contributed by atoms with E-state index in [9.17, 15) is 14.7 Å². The number of aliphatic hydroxyl groups is 1. The molecule has 0 aliphatic rings. The number of benzene rings is 3. The molecule has 4 rings (SSSR count). The van der Waals surface area contributed by atoms with E-state index in [-0.39, 0.29) is 36.1 Å². The SMILES string of the molecule is Cc1c(COc2ccc(Cn3oc(=O)[n-]c3=O)cc2)cccc1-c1ccc(OCCC(C)(C)O)cc1.[Na+]. The summed E-state index contributed by atoms with van der Waals surface area (Å²) in [6.45, 7) is 6.59. The molecule has 0 radical (unpaired) electrons. The average Bonchev–Trinajstić information content (AvgIpc) is 3.15. The van der Waals surface area contributed by atoms with E-state index in [1.54, 1.807) is 13.8 Å². The summed E-state index contributed by atoms with van der Waals surface area (Å²) >= 11 is 0. The third-order valence-electron chi connectivity index (χ3n) is 5.83. The van der Waals surface area contributed by atoms with E-state index in [1.165, 1.54) is 0 Å². The Morgan fingerprint density at radius 1 is 0.946 bits per heavy atom. The molecule has 0 spiro atoms. The van der Waals surface area contributed by atoms with E-state index in [0.29, 0.717) is 25.4 Å². The fraction of sp³-hybridized carbons (Fsp3) is 0.286. The van der Waals surface area contributed by atoms with Gasteiger partial charge in [0.05, 0.1) is 12.2 Å². The monoisotopic (exact) mass is 512 g/mol. The van der Waals surface area contributed by atoms with E-state index < -0.39 is 17.0 Å². The minimum atomic E-state index is -0.899. The second-order valence-electron chi connectivity index (χ2n) is 9.25. The Morgan fingerprint density at radius 2 is 1.59 bits per heavy atom. The quantitative estimate of drug-likeness (QED) is 0.315. The van der Waals surface area contributed by atoms with Crippen molar-refractivity contribution in [3.8, 4) is 22.6 Å². The van der Waals surface area contributed by atoms with Crippen molar-refractivity contribution in [1.82, 2.24) is 9.72 Å². The van der Waals surface area contributed by atoms with Crippen LogP contribution in [0.15, 0.2) is 80.8 Å². The van der Waals surface area contributed by atoms with Crippen molar-refractivity contribution in [3.63, 3.8) is 0 Å². The largest absolute Gasteiger partial charge is 1.00 e. The smallest absolute Gasteiger partial charge is 0.493 e. The molecule has 0 saturated carbocycles. The first-order chi connectivity index (χ1) is 17.2. The fourth-order valence-corrected chi connectivity index (χ4v) is 3.71. The van der Waals surface area contributed by atoms with Gasteiger partial charge in [0.25, 0.3) is 0 Å². The van der Waals surface area contributed by atoms with Gasteiger partial charge in [-0.15, -0.1) is 0 Å². The summed E-state index contributed by atoms with van der Waals surface area (Å²) in [7, 11) is 0. The number of hydrogen-bond donors (Lipinski definition) is 1. The summed E-state index contributed by atoms with van der Waals surface area (Å²) in [5.41, 5.74) is 3.72. The van der Waals surface area contributed by atoms with Gasteiger partial charge in [-0.1, -0.05) is 42.5 Å². The summed E-state index contributed by atoms with van der Waals surface area (Å²) in [4.78, 5) is 25.8. The zero-order valence-electron chi connectivity index (χ0n) is 21.6. The van der Waals surface area contributed by atoms with Crippen LogP contribution in [0.3, 0.4) is 0 Å². The molecule has 0 unspecified atom stereocenters. The predicted molar refractivity (Wildman–Crippen MR) is 135 cm³/mol. The molecular weight excluding hydrogens is 483 g/mol. The van der Waals surface area contributed by atoms with Crippen LogP contribution in [0.5, 0.6) is 11.5 Å². The van der Waals surface area contributed by atoms with E-state index in [0.717, 1.165) is 38.3 Å². The second kappa shape index (κ2) is 12.5. The Hall–Kier alpha value is -3.04. The number of aromatic nitrogens is 2. The number of rotatable bonds is 10. The molecule has 0 bridgehead atoms. The second-order valence-corrected chi connectivity index (χ2v) is 9.25. The van der Waals surface area contributed by atoms with Crippen LogP contribution in [-0.4, -0.2) is 22.1 Å². The maximum absolute atomic E-state index is 11.5. The van der Waals surface area contributed by atoms with Crippen molar-refractivity contribution in [2.45, 2.75) is 45.9 Å². The zero-order valence-corrected chi connectivity index (χ0v) is 23.6. The van der Waals surface area contributed by atoms with Gasteiger partial charge in [-0.2, -0.15) is 0 Å². The van der Waals surface area contributed by atoms with Crippen molar-refractivity contribution >= 4 is 0 Å². The molecule has 1 N–H and O–H groups in total. The van der Waals surface area contributed by atoms with E-state index in [4.69, 9.17) is 14.0 Å². The molecule has 1 aromatic heterocycles. The first-order valence-corrected chi connectivity index (χ1v) is 11.7. The molecule has 9 heteroatoms. The topological polar surface area (TPSA) is 105 Å². The molecule has 8 nitrogen and oxygen atoms in total. The van der Waals surface area contributed by atoms with E-state index >= 15 is 0 Å². The van der Waals surface area contributed by atoms with Crippen molar-refractivity contribution in [2.24, 2.45) is 0 Å². The summed E-state index contributed by atoms with van der Waals surface area (Å²) < 4.78 is 17.4. The van der Waals surface area contributed by atoms with Crippen LogP contribution in [0.25, 0.3) is 11.1 Å². The van der Waals surface area contributed by atoms with Gasteiger partial charge in [0.2, 0.25) is 0 Å². The van der Waals surface area contributed by atoms with Crippen molar-refractivity contribution in [2.75, 3.05) is 6.61 Å². The minimum Gasteiger partial charge on any atom is -0.493 e. The van der Waals surface area contributed by atoms with Gasteiger partial charge in [-0.3, -0.25) is 9.53 Å². The molecule has 1 heterocycles. The molecular formula is C28H29N2NaO6. The van der Waals surface area contributed by atoms with E-state index in [1.807, 2.05) is 60.7 Å². The van der Waals surface area contributed by atoms with Crippen LogP contribution in [0, 0.1) is 6.92 Å². The Morgan fingerprint density at radius 3 is 2.22 bits per heavy atom. The van der Waals surface area contributed by atoms with Crippen LogP contribution in [0.4, 0.5) is 0 Å². The van der Waals surface area contributed by atoms with Crippen molar-refractivity contribution in [1.29, 1.82) is 0 Å². The summed E-state index contributed by atoms with van der Waals surface area (Å²) in [6.07, 6.45) is 0.558. The standard InChI is InChI=1S/C28H30N2O6.Na/c1-19-22(18-35-24-11-7-20(8-12-24)17-30-26(31)29-27(32)36-30)5-4-6-25(19)21-9-13-23(14-10-21)34-16-15-28(2,3)33;/h4-14,33H,15-18H2,1-3H3,(H,29,31,32);/q;+1/p-1. The molecule has 188 valence electrons. The van der Waals surface area contributed by atoms with Crippen molar-refractivity contribution < 1.29 is 48.7 Å². The van der Waals surface area contributed by atoms with Crippen LogP contribution in [0.2, 0.25) is 0 Å². The number of hydrogen-bond acceptors (Lipinski definition) is 6. The molecule has 0 amide bonds.